The average molecular weight is 458 g/mol. The van der Waals surface area contributed by atoms with Crippen molar-refractivity contribution in [1.29, 1.82) is 5.26 Å². The van der Waals surface area contributed by atoms with Gasteiger partial charge in [-0.15, -0.1) is 0 Å². The zero-order valence-corrected chi connectivity index (χ0v) is 19.4. The number of benzene rings is 2. The summed E-state index contributed by atoms with van der Waals surface area (Å²) in [5.41, 5.74) is 4.39. The molecule has 0 spiro atoms. The number of aromatic nitrogens is 2. The van der Waals surface area contributed by atoms with Crippen LogP contribution in [0.3, 0.4) is 0 Å². The van der Waals surface area contributed by atoms with Crippen molar-refractivity contribution in [1.82, 2.24) is 19.6 Å². The molecule has 0 saturated heterocycles. The third kappa shape index (κ3) is 4.34. The minimum absolute atomic E-state index is 0.0879. The Bertz CT molecular complexity index is 1260. The van der Waals surface area contributed by atoms with Crippen LogP contribution >= 0.6 is 0 Å². The summed E-state index contributed by atoms with van der Waals surface area (Å²) in [4.78, 5) is 17.8. The van der Waals surface area contributed by atoms with E-state index in [0.29, 0.717) is 23.4 Å². The van der Waals surface area contributed by atoms with E-state index in [0.717, 1.165) is 62.3 Å². The summed E-state index contributed by atoms with van der Waals surface area (Å²) in [7, 11) is 0. The van der Waals surface area contributed by atoms with E-state index in [4.69, 9.17) is 5.10 Å². The summed E-state index contributed by atoms with van der Waals surface area (Å²) < 4.78 is 16.5. The zero-order valence-electron chi connectivity index (χ0n) is 19.4. The number of hydrogen-bond donors (Lipinski definition) is 0. The molecular weight excluding hydrogens is 429 g/mol. The van der Waals surface area contributed by atoms with E-state index in [1.165, 1.54) is 6.07 Å². The molecule has 2 heterocycles. The number of fused-ring (bicyclic) bond motifs is 1. The predicted molar refractivity (Wildman–Crippen MR) is 127 cm³/mol. The summed E-state index contributed by atoms with van der Waals surface area (Å²) in [5, 5.41) is 14.1. The van der Waals surface area contributed by atoms with E-state index >= 15 is 0 Å². The monoisotopic (exact) mass is 457 g/mol. The van der Waals surface area contributed by atoms with E-state index in [1.54, 1.807) is 41.1 Å². The van der Waals surface area contributed by atoms with Gasteiger partial charge in [-0.3, -0.25) is 9.69 Å². The standard InChI is InChI=1S/C27H28FN5O/c1-2-13-31-14-12-25-22(17-31)24(30-33(25)26-9-4-3-8-23(26)28)18-32(21-10-11-21)27(34)20-7-5-6-19(15-20)16-29/h3-9,15,21H,2,10-14,17-18H2,1H3. The molecule has 34 heavy (non-hydrogen) atoms. The van der Waals surface area contributed by atoms with Crippen LogP contribution in [-0.4, -0.2) is 44.6 Å². The van der Waals surface area contributed by atoms with Crippen molar-refractivity contribution in [2.45, 2.75) is 51.7 Å². The fraction of sp³-hybridized carbons (Fsp3) is 0.370. The summed E-state index contributed by atoms with van der Waals surface area (Å²) in [6.45, 7) is 5.21. The first-order chi connectivity index (χ1) is 16.6. The quantitative estimate of drug-likeness (QED) is 0.526. The number of nitrogens with zero attached hydrogens (tertiary/aromatic N) is 5. The summed E-state index contributed by atoms with van der Waals surface area (Å²) in [6.07, 6.45) is 3.77. The highest BCUT2D eigenvalue weighted by molar-refractivity contribution is 5.95. The maximum absolute atomic E-state index is 14.7. The molecule has 1 aromatic heterocycles. The first kappa shape index (κ1) is 22.3. The molecule has 0 unspecified atom stereocenters. The van der Waals surface area contributed by atoms with Crippen molar-refractivity contribution in [2.75, 3.05) is 13.1 Å². The van der Waals surface area contributed by atoms with E-state index in [1.807, 2.05) is 11.0 Å². The maximum Gasteiger partial charge on any atom is 0.254 e. The lowest BCUT2D eigenvalue weighted by Crippen LogP contribution is -2.35. The lowest BCUT2D eigenvalue weighted by atomic mass is 10.0. The number of carbonyl (C=O) groups excluding carboxylic acids is 1. The van der Waals surface area contributed by atoms with E-state index in [9.17, 15) is 14.4 Å². The first-order valence-electron chi connectivity index (χ1n) is 12.0. The van der Waals surface area contributed by atoms with Crippen LogP contribution in [-0.2, 0) is 19.5 Å². The van der Waals surface area contributed by atoms with Crippen molar-refractivity contribution < 1.29 is 9.18 Å². The molecule has 0 N–H and O–H groups in total. The van der Waals surface area contributed by atoms with Crippen LogP contribution in [0.5, 0.6) is 0 Å². The second kappa shape index (κ2) is 9.40. The molecule has 1 fully saturated rings. The Morgan fingerprint density at radius 2 is 2.06 bits per heavy atom. The van der Waals surface area contributed by atoms with Crippen molar-refractivity contribution in [3.05, 3.63) is 82.4 Å². The molecule has 1 aliphatic carbocycles. The topological polar surface area (TPSA) is 65.2 Å². The summed E-state index contributed by atoms with van der Waals surface area (Å²) in [5.74, 6) is -0.395. The largest absolute Gasteiger partial charge is 0.330 e. The van der Waals surface area contributed by atoms with Crippen LogP contribution < -0.4 is 0 Å². The van der Waals surface area contributed by atoms with Crippen molar-refractivity contribution >= 4 is 5.91 Å². The lowest BCUT2D eigenvalue weighted by Gasteiger charge is -2.28. The molecule has 174 valence electrons. The molecule has 5 rings (SSSR count). The van der Waals surface area contributed by atoms with Gasteiger partial charge in [0.05, 0.1) is 29.6 Å². The van der Waals surface area contributed by atoms with Gasteiger partial charge in [-0.25, -0.2) is 9.07 Å². The van der Waals surface area contributed by atoms with Crippen LogP contribution in [0.15, 0.2) is 48.5 Å². The smallest absolute Gasteiger partial charge is 0.254 e. The highest BCUT2D eigenvalue weighted by atomic mass is 19.1. The summed E-state index contributed by atoms with van der Waals surface area (Å²) in [6, 6.07) is 15.8. The molecule has 0 atom stereocenters. The maximum atomic E-state index is 14.7. The second-order valence-electron chi connectivity index (χ2n) is 9.12. The molecule has 0 radical (unpaired) electrons. The zero-order chi connectivity index (χ0) is 23.7. The Kier molecular flexibility index (Phi) is 6.16. The van der Waals surface area contributed by atoms with Gasteiger partial charge in [0, 0.05) is 36.7 Å². The van der Waals surface area contributed by atoms with Gasteiger partial charge in [-0.1, -0.05) is 25.1 Å². The van der Waals surface area contributed by atoms with E-state index in [2.05, 4.69) is 17.9 Å². The average Bonchev–Trinajstić information content (AvgIpc) is 3.65. The number of para-hydroxylation sites is 1. The summed E-state index contributed by atoms with van der Waals surface area (Å²) >= 11 is 0. The molecule has 0 bridgehead atoms. The molecule has 1 amide bonds. The van der Waals surface area contributed by atoms with Crippen LogP contribution in [0.2, 0.25) is 0 Å². The Morgan fingerprint density at radius 3 is 2.79 bits per heavy atom. The minimum Gasteiger partial charge on any atom is -0.330 e. The van der Waals surface area contributed by atoms with Gasteiger partial charge in [-0.05, 0) is 56.1 Å². The number of amides is 1. The number of halogens is 1. The van der Waals surface area contributed by atoms with Gasteiger partial charge >= 0.3 is 0 Å². The minimum atomic E-state index is -0.307. The van der Waals surface area contributed by atoms with Crippen molar-refractivity contribution in [2.24, 2.45) is 0 Å². The third-order valence-electron chi connectivity index (χ3n) is 6.65. The highest BCUT2D eigenvalue weighted by Crippen LogP contribution is 2.33. The molecule has 7 heteroatoms. The van der Waals surface area contributed by atoms with E-state index < -0.39 is 0 Å². The SMILES string of the molecule is CCCN1CCc2c(c(CN(C(=O)c3cccc(C#N)c3)C3CC3)nn2-c2ccccc2F)C1. The number of nitriles is 1. The predicted octanol–water partition coefficient (Wildman–Crippen LogP) is 4.46. The van der Waals surface area contributed by atoms with Gasteiger partial charge in [0.15, 0.2) is 0 Å². The number of hydrogen-bond acceptors (Lipinski definition) is 4. The second-order valence-corrected chi connectivity index (χ2v) is 9.12. The fourth-order valence-electron chi connectivity index (χ4n) is 4.80. The number of rotatable bonds is 7. The lowest BCUT2D eigenvalue weighted by molar-refractivity contribution is 0.0726. The van der Waals surface area contributed by atoms with Gasteiger partial charge < -0.3 is 4.90 Å². The van der Waals surface area contributed by atoms with Crippen LogP contribution in [0.4, 0.5) is 4.39 Å². The third-order valence-corrected chi connectivity index (χ3v) is 6.65. The van der Waals surface area contributed by atoms with Gasteiger partial charge in [-0.2, -0.15) is 10.4 Å². The van der Waals surface area contributed by atoms with E-state index in [-0.39, 0.29) is 17.8 Å². The molecule has 2 aromatic carbocycles. The van der Waals surface area contributed by atoms with Gasteiger partial charge in [0.2, 0.25) is 0 Å². The molecule has 2 aliphatic rings. The highest BCUT2D eigenvalue weighted by Gasteiger charge is 2.35. The van der Waals surface area contributed by atoms with Crippen molar-refractivity contribution in [3.8, 4) is 11.8 Å². The Hall–Kier alpha value is -3.50. The Labute approximate surface area is 199 Å². The molecular formula is C27H28FN5O. The normalized spacial score (nSPS) is 15.6. The van der Waals surface area contributed by atoms with Gasteiger partial charge in [0.1, 0.15) is 11.5 Å². The van der Waals surface area contributed by atoms with Crippen LogP contribution in [0.25, 0.3) is 5.69 Å². The Morgan fingerprint density at radius 1 is 1.24 bits per heavy atom. The van der Waals surface area contributed by atoms with Crippen LogP contribution in [0, 0.1) is 17.1 Å². The van der Waals surface area contributed by atoms with Crippen molar-refractivity contribution in [3.63, 3.8) is 0 Å². The Balaban J connectivity index is 1.52. The first-order valence-corrected chi connectivity index (χ1v) is 12.0. The molecule has 1 saturated carbocycles. The molecule has 6 nitrogen and oxygen atoms in total. The van der Waals surface area contributed by atoms with Crippen LogP contribution in [0.1, 0.15) is 59.1 Å². The van der Waals surface area contributed by atoms with Gasteiger partial charge in [0.25, 0.3) is 5.91 Å². The molecule has 1 aliphatic heterocycles. The fourth-order valence-corrected chi connectivity index (χ4v) is 4.80. The molecule has 3 aromatic rings. The number of carbonyl (C=O) groups is 1.